The molecular weight excluding hydrogens is 252 g/mol. The Labute approximate surface area is 109 Å². The highest BCUT2D eigenvalue weighted by Gasteiger charge is 2.08. The van der Waals surface area contributed by atoms with Crippen LogP contribution in [0.3, 0.4) is 0 Å². The average molecular weight is 272 g/mol. The van der Waals surface area contributed by atoms with Gasteiger partial charge in [0.25, 0.3) is 0 Å². The predicted molar refractivity (Wildman–Crippen MR) is 73.9 cm³/mol. The Hall–Kier alpha value is -1.37. The summed E-state index contributed by atoms with van der Waals surface area (Å²) in [7, 11) is -3.77. The summed E-state index contributed by atoms with van der Waals surface area (Å²) in [5.41, 5.74) is 5.50. The second-order valence-corrected chi connectivity index (χ2v) is 5.04. The van der Waals surface area contributed by atoms with Gasteiger partial charge >= 0.3 is 0 Å². The van der Waals surface area contributed by atoms with Gasteiger partial charge in [-0.25, -0.2) is 13.6 Å². The molecule has 1 unspecified atom stereocenters. The molecule has 0 amide bonds. The van der Waals surface area contributed by atoms with Crippen molar-refractivity contribution in [3.63, 3.8) is 0 Å². The van der Waals surface area contributed by atoms with Crippen LogP contribution < -0.4 is 10.9 Å². The smallest absolute Gasteiger partial charge is 0.238 e. The lowest BCUT2D eigenvalue weighted by molar-refractivity contribution is 0.128. The Morgan fingerprint density at radius 1 is 1.33 bits per heavy atom. The first-order valence-corrected chi connectivity index (χ1v) is 7.00. The maximum absolute atomic E-state index is 11.1. The van der Waals surface area contributed by atoms with Crippen LogP contribution in [0.25, 0.3) is 0 Å². The zero-order chi connectivity index (χ0) is 14.2. The second-order valence-electron chi connectivity index (χ2n) is 3.48. The minimum absolute atomic E-state index is 0.0914. The van der Waals surface area contributed by atoms with E-state index >= 15 is 0 Å². The zero-order valence-electron chi connectivity index (χ0n) is 10.5. The number of allylic oxidation sites excluding steroid dienone is 4. The van der Waals surface area contributed by atoms with Gasteiger partial charge in [0.2, 0.25) is 10.0 Å². The molecule has 0 aromatic heterocycles. The van der Waals surface area contributed by atoms with Crippen molar-refractivity contribution < 1.29 is 13.2 Å². The van der Waals surface area contributed by atoms with Gasteiger partial charge in [-0.1, -0.05) is 20.1 Å². The highest BCUT2D eigenvalue weighted by Crippen LogP contribution is 2.09. The van der Waals surface area contributed by atoms with Gasteiger partial charge in [-0.3, -0.25) is 0 Å². The third-order valence-electron chi connectivity index (χ3n) is 2.16. The quantitative estimate of drug-likeness (QED) is 0.512. The van der Waals surface area contributed by atoms with Crippen molar-refractivity contribution in [2.45, 2.75) is 19.4 Å². The normalized spacial score (nSPS) is 15.1. The number of nitrogens with two attached hydrogens (primary N) is 2. The Kier molecular flexibility index (Phi) is 7.26. The molecule has 5 nitrogen and oxygen atoms in total. The summed E-state index contributed by atoms with van der Waals surface area (Å²) in [4.78, 5) is -0.0914. The number of rotatable bonds is 8. The monoisotopic (exact) mass is 272 g/mol. The fourth-order valence-corrected chi connectivity index (χ4v) is 1.58. The molecule has 0 saturated carbocycles. The molecule has 0 heterocycles. The standard InChI is InChI=1S/C12H20N2O3S/c1-4-10(17-11(5-2)9-13)7-8-12(6-3)18(14,15)16/h4,6-8,11H,1,3,5,9,13H2,2H3,(H2,14,15,16)/b10-7+,12-8+. The molecule has 0 aromatic carbocycles. The molecule has 6 heteroatoms. The van der Waals surface area contributed by atoms with E-state index in [-0.39, 0.29) is 11.0 Å². The van der Waals surface area contributed by atoms with E-state index in [0.29, 0.717) is 12.3 Å². The minimum atomic E-state index is -3.77. The molecule has 0 bridgehead atoms. The molecule has 0 aliphatic carbocycles. The topological polar surface area (TPSA) is 95.4 Å². The summed E-state index contributed by atoms with van der Waals surface area (Å²) in [6, 6.07) is 0. The summed E-state index contributed by atoms with van der Waals surface area (Å²) in [5, 5.41) is 4.99. The van der Waals surface area contributed by atoms with Crippen LogP contribution in [-0.2, 0) is 14.8 Å². The van der Waals surface area contributed by atoms with Gasteiger partial charge in [-0.2, -0.15) is 0 Å². The highest BCUT2D eigenvalue weighted by atomic mass is 32.2. The van der Waals surface area contributed by atoms with E-state index < -0.39 is 10.0 Å². The first-order chi connectivity index (χ1) is 8.38. The summed E-state index contributed by atoms with van der Waals surface area (Å²) >= 11 is 0. The van der Waals surface area contributed by atoms with Crippen LogP contribution in [0, 0.1) is 0 Å². The molecule has 0 rings (SSSR count). The lowest BCUT2D eigenvalue weighted by atomic mass is 10.3. The van der Waals surface area contributed by atoms with Gasteiger partial charge in [0.05, 0.1) is 4.91 Å². The molecule has 0 aliphatic rings. The Balaban J connectivity index is 5.07. The van der Waals surface area contributed by atoms with E-state index in [4.69, 9.17) is 15.6 Å². The van der Waals surface area contributed by atoms with Crippen molar-refractivity contribution >= 4 is 10.0 Å². The van der Waals surface area contributed by atoms with Crippen LogP contribution in [0.15, 0.2) is 48.1 Å². The molecule has 0 radical (unpaired) electrons. The molecule has 0 fully saturated rings. The molecule has 0 spiro atoms. The fourth-order valence-electron chi connectivity index (χ4n) is 1.09. The molecule has 18 heavy (non-hydrogen) atoms. The maximum Gasteiger partial charge on any atom is 0.238 e. The molecule has 0 saturated heterocycles. The summed E-state index contributed by atoms with van der Waals surface area (Å²) in [6.07, 6.45) is 6.01. The molecular formula is C12H20N2O3S. The number of sulfonamides is 1. The van der Waals surface area contributed by atoms with Crippen LogP contribution in [0.1, 0.15) is 13.3 Å². The largest absolute Gasteiger partial charge is 0.489 e. The van der Waals surface area contributed by atoms with Crippen LogP contribution in [-0.4, -0.2) is 21.1 Å². The van der Waals surface area contributed by atoms with E-state index in [0.717, 1.165) is 12.5 Å². The van der Waals surface area contributed by atoms with E-state index in [1.54, 1.807) is 0 Å². The molecule has 0 aromatic rings. The minimum Gasteiger partial charge on any atom is -0.489 e. The van der Waals surface area contributed by atoms with Crippen molar-refractivity contribution in [2.75, 3.05) is 6.54 Å². The summed E-state index contributed by atoms with van der Waals surface area (Å²) in [5.74, 6) is 0.426. The Morgan fingerprint density at radius 2 is 1.94 bits per heavy atom. The predicted octanol–water partition coefficient (Wildman–Crippen LogP) is 1.17. The number of ether oxygens (including phenoxy) is 1. The van der Waals surface area contributed by atoms with Crippen molar-refractivity contribution in [1.82, 2.24) is 0 Å². The van der Waals surface area contributed by atoms with E-state index in [2.05, 4.69) is 13.2 Å². The van der Waals surface area contributed by atoms with E-state index in [9.17, 15) is 8.42 Å². The maximum atomic E-state index is 11.1. The molecule has 4 N–H and O–H groups in total. The van der Waals surface area contributed by atoms with Gasteiger partial charge in [0.1, 0.15) is 11.9 Å². The van der Waals surface area contributed by atoms with Crippen molar-refractivity contribution in [2.24, 2.45) is 10.9 Å². The van der Waals surface area contributed by atoms with Crippen LogP contribution in [0.2, 0.25) is 0 Å². The Bertz CT molecular complexity index is 446. The van der Waals surface area contributed by atoms with Crippen LogP contribution in [0.5, 0.6) is 0 Å². The lowest BCUT2D eigenvalue weighted by Crippen LogP contribution is -2.22. The Morgan fingerprint density at radius 3 is 2.28 bits per heavy atom. The van der Waals surface area contributed by atoms with Crippen LogP contribution in [0.4, 0.5) is 0 Å². The fraction of sp³-hybridized carbons (Fsp3) is 0.333. The number of primary sulfonamides is 1. The highest BCUT2D eigenvalue weighted by molar-refractivity contribution is 7.93. The van der Waals surface area contributed by atoms with Crippen LogP contribution >= 0.6 is 0 Å². The third-order valence-corrected chi connectivity index (χ3v) is 3.12. The molecule has 1 atom stereocenters. The first-order valence-electron chi connectivity index (χ1n) is 5.45. The van der Waals surface area contributed by atoms with E-state index in [1.807, 2.05) is 6.92 Å². The van der Waals surface area contributed by atoms with E-state index in [1.165, 1.54) is 18.2 Å². The molecule has 102 valence electrons. The second kappa shape index (κ2) is 7.86. The van der Waals surface area contributed by atoms with Gasteiger partial charge in [0, 0.05) is 6.54 Å². The first kappa shape index (κ1) is 16.6. The third kappa shape index (κ3) is 5.81. The lowest BCUT2D eigenvalue weighted by Gasteiger charge is -2.15. The molecule has 0 aliphatic heterocycles. The SMILES string of the molecule is C=C/C(=C\C=C(/C=C)S(N)(=O)=O)OC(CC)CN. The van der Waals surface area contributed by atoms with Gasteiger partial charge in [-0.05, 0) is 30.7 Å². The summed E-state index contributed by atoms with van der Waals surface area (Å²) in [6.45, 7) is 9.27. The average Bonchev–Trinajstić information content (AvgIpc) is 2.32. The zero-order valence-corrected chi connectivity index (χ0v) is 11.3. The van der Waals surface area contributed by atoms with Crippen molar-refractivity contribution in [3.05, 3.63) is 48.1 Å². The van der Waals surface area contributed by atoms with Gasteiger partial charge in [-0.15, -0.1) is 0 Å². The number of hydrogen-bond acceptors (Lipinski definition) is 4. The van der Waals surface area contributed by atoms with Crippen molar-refractivity contribution in [3.8, 4) is 0 Å². The van der Waals surface area contributed by atoms with Gasteiger partial charge < -0.3 is 10.5 Å². The number of hydrogen-bond donors (Lipinski definition) is 2. The van der Waals surface area contributed by atoms with Crippen molar-refractivity contribution in [1.29, 1.82) is 0 Å². The van der Waals surface area contributed by atoms with Gasteiger partial charge in [0.15, 0.2) is 0 Å². The summed E-state index contributed by atoms with van der Waals surface area (Å²) < 4.78 is 27.7.